The Morgan fingerprint density at radius 1 is 0.900 bits per heavy atom. The Morgan fingerprint density at radius 2 is 1.68 bits per heavy atom. The number of nitrogens with one attached hydrogen (secondary N) is 2. The number of para-hydroxylation sites is 1. The van der Waals surface area contributed by atoms with Gasteiger partial charge in [-0.3, -0.25) is 0 Å². The van der Waals surface area contributed by atoms with Crippen LogP contribution in [0.4, 0.5) is 11.8 Å². The summed E-state index contributed by atoms with van der Waals surface area (Å²) in [5, 5.41) is 6.93. The molecule has 9 nitrogen and oxygen atoms in total. The maximum atomic E-state index is 13.7. The molecular formula is C30H30N6O3S. The van der Waals surface area contributed by atoms with Gasteiger partial charge in [-0.15, -0.1) is 0 Å². The van der Waals surface area contributed by atoms with Gasteiger partial charge in [0, 0.05) is 35.6 Å². The van der Waals surface area contributed by atoms with Crippen LogP contribution in [-0.2, 0) is 10.0 Å². The van der Waals surface area contributed by atoms with Crippen molar-refractivity contribution in [1.82, 2.24) is 18.9 Å². The predicted molar refractivity (Wildman–Crippen MR) is 156 cm³/mol. The van der Waals surface area contributed by atoms with Crippen LogP contribution in [0, 0.1) is 6.92 Å². The van der Waals surface area contributed by atoms with Crippen LogP contribution in [0.3, 0.4) is 0 Å². The van der Waals surface area contributed by atoms with Crippen molar-refractivity contribution in [2.75, 3.05) is 17.7 Å². The van der Waals surface area contributed by atoms with Crippen LogP contribution in [0.1, 0.15) is 24.8 Å². The molecule has 2 aromatic carbocycles. The van der Waals surface area contributed by atoms with E-state index in [9.17, 15) is 8.42 Å². The van der Waals surface area contributed by atoms with Gasteiger partial charge in [0.05, 0.1) is 12.0 Å². The lowest BCUT2D eigenvalue weighted by molar-refractivity contribution is 0.416. The molecule has 5 aromatic rings. The smallest absolute Gasteiger partial charge is 0.272 e. The summed E-state index contributed by atoms with van der Waals surface area (Å²) in [5.41, 5.74) is 3.79. The topological polar surface area (TPSA) is 111 Å². The van der Waals surface area contributed by atoms with Crippen LogP contribution < -0.4 is 15.4 Å². The maximum absolute atomic E-state index is 13.7. The number of anilines is 2. The van der Waals surface area contributed by atoms with Gasteiger partial charge in [-0.2, -0.15) is 3.97 Å². The lowest BCUT2D eigenvalue weighted by atomic mass is 10.1. The van der Waals surface area contributed by atoms with Crippen molar-refractivity contribution in [3.63, 3.8) is 0 Å². The Kier molecular flexibility index (Phi) is 6.85. The zero-order valence-corrected chi connectivity index (χ0v) is 23.1. The number of hydrogen-bond acceptors (Lipinski definition) is 8. The van der Waals surface area contributed by atoms with E-state index in [0.717, 1.165) is 47.5 Å². The predicted octanol–water partition coefficient (Wildman–Crippen LogP) is 5.49. The third-order valence-corrected chi connectivity index (χ3v) is 8.93. The molecule has 0 saturated heterocycles. The monoisotopic (exact) mass is 554 g/mol. The zero-order chi connectivity index (χ0) is 27.7. The second kappa shape index (κ2) is 10.6. The lowest BCUT2D eigenvalue weighted by Crippen LogP contribution is -2.24. The molecule has 2 N–H and O–H groups in total. The summed E-state index contributed by atoms with van der Waals surface area (Å²) >= 11 is 0. The van der Waals surface area contributed by atoms with Gasteiger partial charge < -0.3 is 15.4 Å². The molecule has 1 saturated carbocycles. The number of aryl methyl sites for hydroxylation is 1. The second-order valence-corrected chi connectivity index (χ2v) is 11.8. The molecule has 0 radical (unpaired) electrons. The minimum Gasteiger partial charge on any atom is -0.496 e. The number of methoxy groups -OCH3 is 1. The Labute approximate surface area is 233 Å². The summed E-state index contributed by atoms with van der Waals surface area (Å²) in [6, 6.07) is 22.4. The molecular weight excluding hydrogens is 524 g/mol. The van der Waals surface area contributed by atoms with E-state index in [1.165, 1.54) is 3.97 Å². The number of aromatic nitrogens is 4. The van der Waals surface area contributed by atoms with Crippen LogP contribution in [0.25, 0.3) is 22.3 Å². The fourth-order valence-corrected chi connectivity index (χ4v) is 6.56. The van der Waals surface area contributed by atoms with Crippen molar-refractivity contribution in [2.24, 2.45) is 0 Å². The molecule has 10 heteroatoms. The van der Waals surface area contributed by atoms with Gasteiger partial charge in [-0.25, -0.2) is 23.4 Å². The highest BCUT2D eigenvalue weighted by atomic mass is 32.2. The van der Waals surface area contributed by atoms with Crippen molar-refractivity contribution in [1.29, 1.82) is 0 Å². The van der Waals surface area contributed by atoms with E-state index in [0.29, 0.717) is 11.2 Å². The van der Waals surface area contributed by atoms with Crippen molar-refractivity contribution in [3.05, 3.63) is 90.8 Å². The Balaban J connectivity index is 1.19. The first-order chi connectivity index (χ1) is 19.4. The summed E-state index contributed by atoms with van der Waals surface area (Å²) < 4.78 is 34.1. The Morgan fingerprint density at radius 3 is 2.42 bits per heavy atom. The first-order valence-electron chi connectivity index (χ1n) is 13.2. The van der Waals surface area contributed by atoms with E-state index in [1.807, 2.05) is 49.5 Å². The van der Waals surface area contributed by atoms with Crippen molar-refractivity contribution in [2.45, 2.75) is 43.2 Å². The minimum absolute atomic E-state index is 0.0362. The number of pyridine rings is 2. The lowest BCUT2D eigenvalue weighted by Gasteiger charge is -2.17. The highest BCUT2D eigenvalue weighted by Crippen LogP contribution is 2.31. The number of hydrogen-bond donors (Lipinski definition) is 2. The number of rotatable bonds is 8. The first kappa shape index (κ1) is 25.8. The first-order valence-corrected chi connectivity index (χ1v) is 14.6. The molecule has 6 rings (SSSR count). The summed E-state index contributed by atoms with van der Waals surface area (Å²) in [6.45, 7) is 1.92. The Hall–Kier alpha value is -4.44. The van der Waals surface area contributed by atoms with Crippen LogP contribution in [0.15, 0.2) is 90.1 Å². The molecule has 0 unspecified atom stereocenters. The number of nitrogens with zero attached hydrogens (tertiary/aromatic N) is 4. The zero-order valence-electron chi connectivity index (χ0n) is 22.3. The highest BCUT2D eigenvalue weighted by Gasteiger charge is 2.30. The van der Waals surface area contributed by atoms with E-state index < -0.39 is 10.0 Å². The molecule has 40 heavy (non-hydrogen) atoms. The number of ether oxygens (including phenoxy) is 1. The summed E-state index contributed by atoms with van der Waals surface area (Å²) in [5.74, 6) is 1.88. The third kappa shape index (κ3) is 4.98. The molecule has 3 aromatic heterocycles. The van der Waals surface area contributed by atoms with E-state index >= 15 is 0 Å². The highest BCUT2D eigenvalue weighted by molar-refractivity contribution is 7.90. The molecule has 0 amide bonds. The van der Waals surface area contributed by atoms with Gasteiger partial charge in [-0.05, 0) is 68.7 Å². The van der Waals surface area contributed by atoms with Gasteiger partial charge in [0.25, 0.3) is 10.0 Å². The third-order valence-electron chi connectivity index (χ3n) is 7.24. The molecule has 1 aliphatic carbocycles. The van der Waals surface area contributed by atoms with Crippen LogP contribution in [0.5, 0.6) is 5.75 Å². The molecule has 1 fully saturated rings. The molecule has 3 heterocycles. The van der Waals surface area contributed by atoms with E-state index in [1.54, 1.807) is 49.7 Å². The van der Waals surface area contributed by atoms with E-state index in [-0.39, 0.29) is 22.9 Å². The number of imidazole rings is 1. The van der Waals surface area contributed by atoms with Gasteiger partial charge >= 0.3 is 0 Å². The quantitative estimate of drug-likeness (QED) is 0.259. The molecule has 0 spiro atoms. The van der Waals surface area contributed by atoms with Gasteiger partial charge in [0.1, 0.15) is 17.1 Å². The molecule has 1 aliphatic rings. The summed E-state index contributed by atoms with van der Waals surface area (Å²) in [4.78, 5) is 13.8. The van der Waals surface area contributed by atoms with Gasteiger partial charge in [-0.1, -0.05) is 35.9 Å². The largest absolute Gasteiger partial charge is 0.496 e. The number of fused-ring (bicyclic) bond motifs is 1. The standard InChI is InChI=1S/C30H30N6O3S/c1-20-9-14-24(15-10-20)40(37,38)36-29-26(7-5-17-31-29)35-30(36)34-23-13-12-22(18-23)33-28-16-11-21(19-32-28)25-6-3-4-8-27(25)39-2/h3-11,14-17,19,22-23H,12-13,18H2,1-2H3,(H,32,33)(H,34,35)/t22-,23-/m0/s1. The van der Waals surface area contributed by atoms with Gasteiger partial charge in [0.15, 0.2) is 5.65 Å². The van der Waals surface area contributed by atoms with E-state index in [4.69, 9.17) is 4.74 Å². The normalized spacial score (nSPS) is 17.1. The molecule has 204 valence electrons. The summed E-state index contributed by atoms with van der Waals surface area (Å²) in [6.07, 6.45) is 5.99. The SMILES string of the molecule is COc1ccccc1-c1ccc(N[C@H]2CC[C@H](Nc3nc4cccnc4n3S(=O)(=O)c3ccc(C)cc3)C2)nc1. The fraction of sp³-hybridized carbons (Fsp3) is 0.233. The Bertz CT molecular complexity index is 1750. The van der Waals surface area contributed by atoms with Crippen LogP contribution in [0.2, 0.25) is 0 Å². The average molecular weight is 555 g/mol. The van der Waals surface area contributed by atoms with Gasteiger partial charge in [0.2, 0.25) is 5.95 Å². The van der Waals surface area contributed by atoms with Crippen molar-refractivity contribution < 1.29 is 13.2 Å². The maximum Gasteiger partial charge on any atom is 0.272 e. The van der Waals surface area contributed by atoms with E-state index in [2.05, 4.69) is 25.6 Å². The average Bonchev–Trinajstić information content (AvgIpc) is 3.57. The van der Waals surface area contributed by atoms with Crippen molar-refractivity contribution >= 4 is 33.0 Å². The molecule has 0 aliphatic heterocycles. The minimum atomic E-state index is -3.91. The number of benzene rings is 2. The second-order valence-electron chi connectivity index (χ2n) is 9.99. The van der Waals surface area contributed by atoms with Crippen LogP contribution >= 0.6 is 0 Å². The molecule has 2 atom stereocenters. The van der Waals surface area contributed by atoms with Crippen LogP contribution in [-0.4, -0.2) is 46.5 Å². The molecule has 0 bridgehead atoms. The fourth-order valence-electron chi connectivity index (χ4n) is 5.18. The summed E-state index contributed by atoms with van der Waals surface area (Å²) in [7, 11) is -2.25. The van der Waals surface area contributed by atoms with Crippen molar-refractivity contribution in [3.8, 4) is 16.9 Å².